The highest BCUT2D eigenvalue weighted by Crippen LogP contribution is 2.27. The molecule has 0 aliphatic rings. The Morgan fingerprint density at radius 3 is 2.60 bits per heavy atom. The van der Waals surface area contributed by atoms with E-state index in [4.69, 9.17) is 0 Å². The van der Waals surface area contributed by atoms with E-state index >= 15 is 0 Å². The summed E-state index contributed by atoms with van der Waals surface area (Å²) in [5.41, 5.74) is 0.496. The maximum Gasteiger partial charge on any atom is 0.205 e. The van der Waals surface area contributed by atoms with Gasteiger partial charge in [-0.1, -0.05) is 22.0 Å². The van der Waals surface area contributed by atoms with Gasteiger partial charge in [-0.3, -0.25) is 10.1 Å². The van der Waals surface area contributed by atoms with Gasteiger partial charge < -0.3 is 0 Å². The van der Waals surface area contributed by atoms with Crippen LogP contribution >= 0.6 is 15.9 Å². The molecule has 0 aromatic heterocycles. The quantitative estimate of drug-likeness (QED) is 0.483. The van der Waals surface area contributed by atoms with E-state index < -0.39 is 16.6 Å². The fourth-order valence-electron chi connectivity index (χ4n) is 1.09. The van der Waals surface area contributed by atoms with Crippen LogP contribution in [0.5, 0.6) is 0 Å². The second kappa shape index (κ2) is 5.16. The second-order valence-electron chi connectivity index (χ2n) is 2.99. The van der Waals surface area contributed by atoms with Gasteiger partial charge in [0, 0.05) is 16.2 Å². The van der Waals surface area contributed by atoms with Crippen LogP contribution in [-0.2, 0) is 0 Å². The lowest BCUT2D eigenvalue weighted by Crippen LogP contribution is -2.04. The van der Waals surface area contributed by atoms with Crippen LogP contribution in [0, 0.1) is 21.7 Å². The molecule has 6 heteroatoms. The molecule has 0 fully saturated rings. The van der Waals surface area contributed by atoms with Gasteiger partial charge in [-0.25, -0.2) is 8.78 Å². The van der Waals surface area contributed by atoms with Crippen molar-refractivity contribution >= 4 is 15.9 Å². The number of nitro groups is 1. The summed E-state index contributed by atoms with van der Waals surface area (Å²) >= 11 is 3.18. The average molecular weight is 280 g/mol. The summed E-state index contributed by atoms with van der Waals surface area (Å²) in [5, 5.41) is 10.1. The van der Waals surface area contributed by atoms with Crippen LogP contribution in [0.15, 0.2) is 18.2 Å². The fraction of sp³-hybridized carbons (Fsp3) is 0.333. The molecule has 1 aromatic rings. The lowest BCUT2D eigenvalue weighted by atomic mass is 10.1. The molecule has 0 aliphatic heterocycles. The lowest BCUT2D eigenvalue weighted by molar-refractivity contribution is -0.480. The number of hydrogen-bond donors (Lipinski definition) is 0. The number of halogens is 3. The highest BCUT2D eigenvalue weighted by Gasteiger charge is 2.13. The van der Waals surface area contributed by atoms with Crippen molar-refractivity contribution in [2.75, 3.05) is 6.54 Å². The Kier molecular flexibility index (Phi) is 4.14. The van der Waals surface area contributed by atoms with Crippen LogP contribution in [0.1, 0.15) is 16.8 Å². The van der Waals surface area contributed by atoms with E-state index in [2.05, 4.69) is 15.9 Å². The summed E-state index contributed by atoms with van der Waals surface area (Å²) in [7, 11) is 0. The van der Waals surface area contributed by atoms with E-state index in [0.717, 1.165) is 12.1 Å². The largest absolute Gasteiger partial charge is 0.265 e. The SMILES string of the molecule is O=[N+]([O-])CC[C@@H](Br)c1ccc(F)c(F)c1. The second-order valence-corrected chi connectivity index (χ2v) is 4.09. The third-order valence-corrected chi connectivity index (χ3v) is 2.86. The van der Waals surface area contributed by atoms with Gasteiger partial charge in [0.15, 0.2) is 11.6 Å². The molecule has 0 N–H and O–H groups in total. The molecule has 0 radical (unpaired) electrons. The van der Waals surface area contributed by atoms with Gasteiger partial charge in [-0.15, -0.1) is 0 Å². The average Bonchev–Trinajstić information content (AvgIpc) is 2.18. The number of benzene rings is 1. The Bertz CT molecular complexity index is 373. The summed E-state index contributed by atoms with van der Waals surface area (Å²) in [6, 6.07) is 3.44. The minimum atomic E-state index is -0.946. The van der Waals surface area contributed by atoms with Crippen LogP contribution in [0.4, 0.5) is 8.78 Å². The van der Waals surface area contributed by atoms with E-state index in [0.29, 0.717) is 5.56 Å². The molecule has 0 saturated heterocycles. The molecule has 15 heavy (non-hydrogen) atoms. The summed E-state index contributed by atoms with van der Waals surface area (Å²) in [6.07, 6.45) is 0.234. The van der Waals surface area contributed by atoms with Crippen molar-refractivity contribution in [3.05, 3.63) is 45.5 Å². The number of nitrogens with zero attached hydrogens (tertiary/aromatic N) is 1. The Balaban J connectivity index is 2.69. The van der Waals surface area contributed by atoms with Crippen LogP contribution in [0.3, 0.4) is 0 Å². The normalized spacial score (nSPS) is 12.5. The van der Waals surface area contributed by atoms with E-state index in [-0.39, 0.29) is 17.8 Å². The molecule has 0 aliphatic carbocycles. The van der Waals surface area contributed by atoms with Crippen LogP contribution in [-0.4, -0.2) is 11.5 Å². The molecule has 0 amide bonds. The van der Waals surface area contributed by atoms with E-state index in [9.17, 15) is 18.9 Å². The van der Waals surface area contributed by atoms with Crippen LogP contribution in [0.25, 0.3) is 0 Å². The predicted molar refractivity (Wildman–Crippen MR) is 54.5 cm³/mol. The number of hydrogen-bond acceptors (Lipinski definition) is 2. The monoisotopic (exact) mass is 279 g/mol. The Morgan fingerprint density at radius 1 is 1.40 bits per heavy atom. The smallest absolute Gasteiger partial charge is 0.205 e. The first-order valence-electron chi connectivity index (χ1n) is 4.21. The van der Waals surface area contributed by atoms with Crippen molar-refractivity contribution in [3.8, 4) is 0 Å². The van der Waals surface area contributed by atoms with Gasteiger partial charge in [0.05, 0.1) is 0 Å². The van der Waals surface area contributed by atoms with Gasteiger partial charge in [0.1, 0.15) is 0 Å². The lowest BCUT2D eigenvalue weighted by Gasteiger charge is -2.07. The molecule has 0 heterocycles. The Hall–Kier alpha value is -1.04. The molecule has 0 spiro atoms. The van der Waals surface area contributed by atoms with E-state index in [1.165, 1.54) is 6.07 Å². The van der Waals surface area contributed by atoms with Crippen LogP contribution < -0.4 is 0 Å². The van der Waals surface area contributed by atoms with E-state index in [1.807, 2.05) is 0 Å². The summed E-state index contributed by atoms with van der Waals surface area (Å²) in [4.78, 5) is 9.32. The zero-order valence-corrected chi connectivity index (χ0v) is 9.21. The van der Waals surface area contributed by atoms with Crippen molar-refractivity contribution < 1.29 is 13.7 Å². The molecule has 0 bridgehead atoms. The molecule has 0 saturated carbocycles. The molecule has 0 unspecified atom stereocenters. The molecule has 1 rings (SSSR count). The summed E-state index contributed by atoms with van der Waals surface area (Å²) in [5.74, 6) is -1.87. The van der Waals surface area contributed by atoms with Gasteiger partial charge in [0.2, 0.25) is 6.54 Å². The summed E-state index contributed by atoms with van der Waals surface area (Å²) in [6.45, 7) is -0.213. The topological polar surface area (TPSA) is 43.1 Å². The number of rotatable bonds is 4. The first-order chi connectivity index (χ1) is 7.00. The van der Waals surface area contributed by atoms with Crippen LogP contribution in [0.2, 0.25) is 0 Å². The third kappa shape index (κ3) is 3.54. The van der Waals surface area contributed by atoms with Crippen molar-refractivity contribution in [3.63, 3.8) is 0 Å². The molecule has 3 nitrogen and oxygen atoms in total. The minimum Gasteiger partial charge on any atom is -0.265 e. The maximum absolute atomic E-state index is 12.8. The molecular formula is C9H8BrF2NO2. The van der Waals surface area contributed by atoms with Crippen molar-refractivity contribution in [2.45, 2.75) is 11.2 Å². The first kappa shape index (κ1) is 12.0. The number of alkyl halides is 1. The zero-order valence-electron chi connectivity index (χ0n) is 7.62. The third-order valence-electron chi connectivity index (χ3n) is 1.87. The predicted octanol–water partition coefficient (Wildman–Crippen LogP) is 3.07. The molecule has 82 valence electrons. The van der Waals surface area contributed by atoms with Gasteiger partial charge >= 0.3 is 0 Å². The maximum atomic E-state index is 12.8. The van der Waals surface area contributed by atoms with Crippen molar-refractivity contribution in [1.29, 1.82) is 0 Å². The zero-order chi connectivity index (χ0) is 11.4. The van der Waals surface area contributed by atoms with Gasteiger partial charge in [-0.2, -0.15) is 0 Å². The highest BCUT2D eigenvalue weighted by molar-refractivity contribution is 9.09. The summed E-state index contributed by atoms with van der Waals surface area (Å²) < 4.78 is 25.4. The standard InChI is InChI=1S/C9H8BrF2NO2/c10-7(3-4-13(14)15)6-1-2-8(11)9(12)5-6/h1-2,5,7H,3-4H2/t7-/m1/s1. The Morgan fingerprint density at radius 2 is 2.07 bits per heavy atom. The van der Waals surface area contributed by atoms with Gasteiger partial charge in [0.25, 0.3) is 0 Å². The molecule has 1 aromatic carbocycles. The first-order valence-corrected chi connectivity index (χ1v) is 5.13. The van der Waals surface area contributed by atoms with Gasteiger partial charge in [-0.05, 0) is 17.7 Å². The highest BCUT2D eigenvalue weighted by atomic mass is 79.9. The minimum absolute atomic E-state index is 0.213. The van der Waals surface area contributed by atoms with E-state index in [1.54, 1.807) is 0 Å². The fourth-order valence-corrected chi connectivity index (χ4v) is 1.58. The molecular weight excluding hydrogens is 272 g/mol. The Labute approximate surface area is 93.4 Å². The van der Waals surface area contributed by atoms with Crippen molar-refractivity contribution in [2.24, 2.45) is 0 Å². The van der Waals surface area contributed by atoms with Crippen molar-refractivity contribution in [1.82, 2.24) is 0 Å². The molecule has 1 atom stereocenters.